The van der Waals surface area contributed by atoms with Crippen molar-refractivity contribution in [3.8, 4) is 0 Å². The molecule has 0 atom stereocenters. The van der Waals surface area contributed by atoms with Crippen LogP contribution in [0.5, 0.6) is 0 Å². The van der Waals surface area contributed by atoms with Gasteiger partial charge in [-0.15, -0.1) is 5.10 Å². The van der Waals surface area contributed by atoms with Gasteiger partial charge in [-0.2, -0.15) is 0 Å². The van der Waals surface area contributed by atoms with E-state index in [-0.39, 0.29) is 5.69 Å². The van der Waals surface area contributed by atoms with Crippen molar-refractivity contribution in [1.82, 2.24) is 30.4 Å². The summed E-state index contributed by atoms with van der Waals surface area (Å²) in [4.78, 5) is 18.2. The fourth-order valence-electron chi connectivity index (χ4n) is 1.15. The summed E-state index contributed by atoms with van der Waals surface area (Å²) in [5.41, 5.74) is 2.20. The predicted octanol–water partition coefficient (Wildman–Crippen LogP) is -0.603. The van der Waals surface area contributed by atoms with Crippen molar-refractivity contribution in [1.29, 1.82) is 0 Å². The molecule has 9 heteroatoms. The zero-order chi connectivity index (χ0) is 12.1. The van der Waals surface area contributed by atoms with E-state index in [0.29, 0.717) is 6.54 Å². The number of H-pyrrole nitrogens is 1. The summed E-state index contributed by atoms with van der Waals surface area (Å²) in [6, 6.07) is 0. The molecule has 4 N–H and O–H groups in total. The maximum atomic E-state index is 11.1. The molecule has 1 amide bonds. The topological polar surface area (TPSA) is 115 Å². The van der Waals surface area contributed by atoms with E-state index in [1.165, 1.54) is 0 Å². The summed E-state index contributed by atoms with van der Waals surface area (Å²) in [5, 5.41) is 8.35. The third-order valence-electron chi connectivity index (χ3n) is 1.93. The Bertz CT molecular complexity index is 480. The van der Waals surface area contributed by atoms with Crippen molar-refractivity contribution < 1.29 is 4.79 Å². The van der Waals surface area contributed by atoms with Crippen LogP contribution in [-0.4, -0.2) is 36.6 Å². The number of amides is 1. The molecule has 0 aliphatic rings. The summed E-state index contributed by atoms with van der Waals surface area (Å²) in [5.74, 6) is 5.31. The van der Waals surface area contributed by atoms with E-state index in [1.807, 2.05) is 5.43 Å². The Balaban J connectivity index is 1.83. The number of carbonyl (C=O) groups is 1. The number of hydrogen-bond donors (Lipinski definition) is 3. The van der Waals surface area contributed by atoms with Gasteiger partial charge in [-0.3, -0.25) is 14.9 Å². The summed E-state index contributed by atoms with van der Waals surface area (Å²) >= 11 is 1.56. The first-order valence-electron chi connectivity index (χ1n) is 4.83. The molecule has 2 rings (SSSR count). The van der Waals surface area contributed by atoms with E-state index in [0.717, 1.165) is 10.9 Å². The quantitative estimate of drug-likeness (QED) is 0.283. The first-order chi connectivity index (χ1) is 8.29. The molecule has 90 valence electrons. The van der Waals surface area contributed by atoms with Crippen LogP contribution in [0.15, 0.2) is 23.7 Å². The number of aryl methyl sites for hydroxylation is 1. The highest BCUT2D eigenvalue weighted by Gasteiger charge is 2.08. The van der Waals surface area contributed by atoms with E-state index in [9.17, 15) is 4.79 Å². The zero-order valence-corrected chi connectivity index (χ0v) is 9.65. The molecule has 0 spiro atoms. The molecule has 0 fully saturated rings. The van der Waals surface area contributed by atoms with E-state index < -0.39 is 5.91 Å². The second-order valence-electron chi connectivity index (χ2n) is 3.08. The molecule has 0 radical (unpaired) electrons. The number of nitrogens with zero attached hydrogens (tertiary/aromatic N) is 4. The number of carbonyl (C=O) groups excluding carboxylic acids is 1. The highest BCUT2D eigenvalue weighted by atomic mass is 32.2. The zero-order valence-electron chi connectivity index (χ0n) is 8.83. The Hall–Kier alpha value is -1.87. The van der Waals surface area contributed by atoms with E-state index in [4.69, 9.17) is 5.84 Å². The van der Waals surface area contributed by atoms with Gasteiger partial charge in [-0.1, -0.05) is 17.0 Å². The van der Waals surface area contributed by atoms with E-state index in [1.54, 1.807) is 35.0 Å². The van der Waals surface area contributed by atoms with E-state index >= 15 is 0 Å². The smallest absolute Gasteiger partial charge is 0.287 e. The Morgan fingerprint density at radius 3 is 3.24 bits per heavy atom. The Kier molecular flexibility index (Phi) is 3.73. The molecule has 0 saturated heterocycles. The molecule has 0 saturated carbocycles. The summed E-state index contributed by atoms with van der Waals surface area (Å²) in [7, 11) is 0. The number of aromatic amines is 1. The minimum absolute atomic E-state index is 0.204. The molecular weight excluding hydrogens is 242 g/mol. The predicted molar refractivity (Wildman–Crippen MR) is 61.0 cm³/mol. The number of nitrogens with two attached hydrogens (primary N) is 1. The molecule has 17 heavy (non-hydrogen) atoms. The van der Waals surface area contributed by atoms with Gasteiger partial charge in [0.25, 0.3) is 5.91 Å². The first kappa shape index (κ1) is 11.6. The van der Waals surface area contributed by atoms with Crippen LogP contribution in [0.1, 0.15) is 10.5 Å². The number of rotatable bonds is 5. The highest BCUT2D eigenvalue weighted by molar-refractivity contribution is 7.99. The standard InChI is InChI=1S/C8H11N7OS/c9-12-7(16)6-5-15(14-13-6)3-4-17-8-10-1-2-11-8/h1-2,5H,3-4,9H2,(H,10,11)(H,12,16). The van der Waals surface area contributed by atoms with Crippen LogP contribution < -0.4 is 11.3 Å². The Labute approximate surface area is 101 Å². The normalized spacial score (nSPS) is 10.4. The van der Waals surface area contributed by atoms with Gasteiger partial charge in [0, 0.05) is 18.1 Å². The van der Waals surface area contributed by atoms with Crippen molar-refractivity contribution in [2.24, 2.45) is 5.84 Å². The number of nitrogen functional groups attached to an aromatic ring is 1. The second kappa shape index (κ2) is 5.46. The highest BCUT2D eigenvalue weighted by Crippen LogP contribution is 2.11. The minimum atomic E-state index is -0.449. The van der Waals surface area contributed by atoms with Gasteiger partial charge >= 0.3 is 0 Å². The number of aromatic nitrogens is 5. The van der Waals surface area contributed by atoms with Crippen molar-refractivity contribution in [3.05, 3.63) is 24.3 Å². The molecule has 2 aromatic rings. The van der Waals surface area contributed by atoms with Gasteiger partial charge in [0.2, 0.25) is 0 Å². The van der Waals surface area contributed by atoms with Gasteiger partial charge in [-0.05, 0) is 0 Å². The van der Waals surface area contributed by atoms with Gasteiger partial charge < -0.3 is 4.98 Å². The van der Waals surface area contributed by atoms with Crippen LogP contribution in [0, 0.1) is 0 Å². The molecule has 0 bridgehead atoms. The van der Waals surface area contributed by atoms with Gasteiger partial charge in [0.15, 0.2) is 10.9 Å². The summed E-state index contributed by atoms with van der Waals surface area (Å²) < 4.78 is 1.58. The van der Waals surface area contributed by atoms with Crippen molar-refractivity contribution >= 4 is 17.7 Å². The van der Waals surface area contributed by atoms with Crippen molar-refractivity contribution in [2.45, 2.75) is 11.7 Å². The maximum absolute atomic E-state index is 11.1. The molecular formula is C8H11N7OS. The average molecular weight is 253 g/mol. The molecule has 2 aromatic heterocycles. The van der Waals surface area contributed by atoms with Crippen molar-refractivity contribution in [3.63, 3.8) is 0 Å². The lowest BCUT2D eigenvalue weighted by molar-refractivity contribution is 0.0948. The monoisotopic (exact) mass is 253 g/mol. The molecule has 0 aromatic carbocycles. The van der Waals surface area contributed by atoms with Gasteiger partial charge in [-0.25, -0.2) is 10.8 Å². The van der Waals surface area contributed by atoms with Crippen LogP contribution in [-0.2, 0) is 6.54 Å². The van der Waals surface area contributed by atoms with Crippen LogP contribution in [0.2, 0.25) is 0 Å². The fraction of sp³-hybridized carbons (Fsp3) is 0.250. The third-order valence-corrected chi connectivity index (χ3v) is 2.82. The first-order valence-corrected chi connectivity index (χ1v) is 5.81. The van der Waals surface area contributed by atoms with Gasteiger partial charge in [0.1, 0.15) is 0 Å². The fourth-order valence-corrected chi connectivity index (χ4v) is 1.91. The second-order valence-corrected chi connectivity index (χ2v) is 4.17. The van der Waals surface area contributed by atoms with Crippen LogP contribution >= 0.6 is 11.8 Å². The summed E-state index contributed by atoms with van der Waals surface area (Å²) in [6.45, 7) is 0.635. The van der Waals surface area contributed by atoms with Crippen LogP contribution in [0.25, 0.3) is 0 Å². The van der Waals surface area contributed by atoms with Crippen LogP contribution in [0.3, 0.4) is 0 Å². The number of hydrogen-bond acceptors (Lipinski definition) is 6. The molecule has 8 nitrogen and oxygen atoms in total. The lowest BCUT2D eigenvalue weighted by Gasteiger charge is -1.97. The lowest BCUT2D eigenvalue weighted by atomic mass is 10.5. The minimum Gasteiger partial charge on any atom is -0.340 e. The van der Waals surface area contributed by atoms with Crippen molar-refractivity contribution in [2.75, 3.05) is 5.75 Å². The van der Waals surface area contributed by atoms with Gasteiger partial charge in [0.05, 0.1) is 12.7 Å². The summed E-state index contributed by atoms with van der Waals surface area (Å²) in [6.07, 6.45) is 5.01. The number of thioether (sulfide) groups is 1. The number of imidazole rings is 1. The number of hydrazine groups is 1. The largest absolute Gasteiger partial charge is 0.340 e. The molecule has 2 heterocycles. The Morgan fingerprint density at radius 1 is 1.65 bits per heavy atom. The molecule has 0 unspecified atom stereocenters. The molecule has 0 aliphatic heterocycles. The number of nitrogens with one attached hydrogen (secondary N) is 2. The average Bonchev–Trinajstić information content (AvgIpc) is 2.99. The lowest BCUT2D eigenvalue weighted by Crippen LogP contribution is -2.30. The Morgan fingerprint density at radius 2 is 2.53 bits per heavy atom. The van der Waals surface area contributed by atoms with E-state index in [2.05, 4.69) is 20.3 Å². The van der Waals surface area contributed by atoms with Crippen LogP contribution in [0.4, 0.5) is 0 Å². The third kappa shape index (κ3) is 3.04. The maximum Gasteiger partial charge on any atom is 0.287 e. The molecule has 0 aliphatic carbocycles. The SMILES string of the molecule is NNC(=O)c1cn(CCSc2ncc[nH]2)nn1.